The highest BCUT2D eigenvalue weighted by Crippen LogP contribution is 2.40. The third-order valence-corrected chi connectivity index (χ3v) is 4.57. The highest BCUT2D eigenvalue weighted by Gasteiger charge is 2.43. The van der Waals surface area contributed by atoms with Gasteiger partial charge in [-0.1, -0.05) is 0 Å². The Kier molecular flexibility index (Phi) is 4.75. The van der Waals surface area contributed by atoms with Crippen molar-refractivity contribution < 1.29 is 18.7 Å². The number of benzene rings is 1. The minimum absolute atomic E-state index is 0.126. The number of carboxylic acids is 1. The van der Waals surface area contributed by atoms with Gasteiger partial charge in [-0.05, 0) is 40.8 Å². The lowest BCUT2D eigenvalue weighted by Crippen LogP contribution is -2.06. The number of hydrogen-bond donors (Lipinski definition) is 2. The van der Waals surface area contributed by atoms with Crippen LogP contribution in [-0.2, 0) is 17.8 Å². The molecule has 3 rings (SSSR count). The summed E-state index contributed by atoms with van der Waals surface area (Å²) in [7, 11) is 0. The third-order valence-electron chi connectivity index (χ3n) is 3.97. The monoisotopic (exact) mass is 397 g/mol. The number of carbonyl (C=O) groups is 1. The molecule has 1 aromatic carbocycles. The average Bonchev–Trinajstić information content (AvgIpc) is 3.30. The standard InChI is InChI=1S/C16H14BrF2N3O2/c17-12-3-9(13(18)4-14(12)19)5-21-15-7-20-10(6-22-15)1-8-2-11(8)16(23)24/h3-4,6-8,11H,1-2,5H2,(H,21,22)(H,23,24)/t8?,11-/m0/s1. The van der Waals surface area contributed by atoms with Gasteiger partial charge in [0.15, 0.2) is 0 Å². The van der Waals surface area contributed by atoms with E-state index in [-0.39, 0.29) is 22.9 Å². The van der Waals surface area contributed by atoms with Crippen molar-refractivity contribution in [2.45, 2.75) is 19.4 Å². The molecule has 1 heterocycles. The molecule has 5 nitrogen and oxygen atoms in total. The number of halogens is 3. The van der Waals surface area contributed by atoms with Gasteiger partial charge in [0, 0.05) is 18.2 Å². The van der Waals surface area contributed by atoms with Crippen LogP contribution < -0.4 is 5.32 Å². The number of carboxylic acid groups (broad SMARTS) is 1. The Bertz CT molecular complexity index is 771. The van der Waals surface area contributed by atoms with Crippen molar-refractivity contribution in [1.29, 1.82) is 0 Å². The van der Waals surface area contributed by atoms with E-state index in [4.69, 9.17) is 5.11 Å². The van der Waals surface area contributed by atoms with Gasteiger partial charge in [-0.2, -0.15) is 0 Å². The summed E-state index contributed by atoms with van der Waals surface area (Å²) in [4.78, 5) is 19.2. The van der Waals surface area contributed by atoms with Crippen LogP contribution in [0.25, 0.3) is 0 Å². The van der Waals surface area contributed by atoms with Crippen LogP contribution in [0.4, 0.5) is 14.6 Å². The van der Waals surface area contributed by atoms with Crippen LogP contribution in [0, 0.1) is 23.5 Å². The topological polar surface area (TPSA) is 75.1 Å². The van der Waals surface area contributed by atoms with E-state index < -0.39 is 17.6 Å². The first kappa shape index (κ1) is 16.8. The lowest BCUT2D eigenvalue weighted by atomic mass is 10.2. The Morgan fingerprint density at radius 3 is 2.71 bits per heavy atom. The van der Waals surface area contributed by atoms with E-state index in [1.807, 2.05) is 0 Å². The van der Waals surface area contributed by atoms with Crippen LogP contribution in [-0.4, -0.2) is 21.0 Å². The third kappa shape index (κ3) is 3.87. The maximum absolute atomic E-state index is 13.7. The lowest BCUT2D eigenvalue weighted by Gasteiger charge is -2.08. The minimum Gasteiger partial charge on any atom is -0.481 e. The maximum Gasteiger partial charge on any atom is 0.306 e. The first-order valence-corrected chi connectivity index (χ1v) is 8.14. The molecule has 0 aliphatic heterocycles. The summed E-state index contributed by atoms with van der Waals surface area (Å²) in [6, 6.07) is 2.20. The molecule has 1 saturated carbocycles. The average molecular weight is 398 g/mol. The van der Waals surface area contributed by atoms with Crippen LogP contribution in [0.5, 0.6) is 0 Å². The van der Waals surface area contributed by atoms with Crippen molar-refractivity contribution >= 4 is 27.7 Å². The lowest BCUT2D eigenvalue weighted by molar-refractivity contribution is -0.138. The molecule has 2 N–H and O–H groups in total. The van der Waals surface area contributed by atoms with Gasteiger partial charge < -0.3 is 10.4 Å². The first-order chi connectivity index (χ1) is 11.4. The summed E-state index contributed by atoms with van der Waals surface area (Å²) >= 11 is 3.02. The Labute approximate surface area is 145 Å². The minimum atomic E-state index is -0.765. The molecule has 1 aromatic heterocycles. The molecular weight excluding hydrogens is 384 g/mol. The van der Waals surface area contributed by atoms with Crippen LogP contribution in [0.1, 0.15) is 17.7 Å². The van der Waals surface area contributed by atoms with Gasteiger partial charge in [0.25, 0.3) is 0 Å². The quantitative estimate of drug-likeness (QED) is 0.730. The normalized spacial score (nSPS) is 19.1. The van der Waals surface area contributed by atoms with Crippen LogP contribution in [0.2, 0.25) is 0 Å². The van der Waals surface area contributed by atoms with Crippen molar-refractivity contribution in [3.8, 4) is 0 Å². The molecule has 8 heteroatoms. The fourth-order valence-electron chi connectivity index (χ4n) is 2.48. The molecular formula is C16H14BrF2N3O2. The summed E-state index contributed by atoms with van der Waals surface area (Å²) in [5, 5.41) is 11.8. The van der Waals surface area contributed by atoms with Gasteiger partial charge >= 0.3 is 5.97 Å². The molecule has 1 aliphatic carbocycles. The number of rotatable bonds is 6. The zero-order valence-electron chi connectivity index (χ0n) is 12.5. The van der Waals surface area contributed by atoms with Gasteiger partial charge in [0.1, 0.15) is 17.5 Å². The first-order valence-electron chi connectivity index (χ1n) is 7.35. The summed E-state index contributed by atoms with van der Waals surface area (Å²) in [6.45, 7) is 0.141. The Morgan fingerprint density at radius 1 is 1.29 bits per heavy atom. The summed E-state index contributed by atoms with van der Waals surface area (Å²) in [5.41, 5.74) is 1.03. The molecule has 0 bridgehead atoms. The second kappa shape index (κ2) is 6.80. The van der Waals surface area contributed by atoms with Gasteiger partial charge in [-0.25, -0.2) is 13.8 Å². The SMILES string of the molecule is O=C(O)[C@H]1CC1Cc1cnc(NCc2cc(Br)c(F)cc2F)cn1. The molecule has 0 radical (unpaired) electrons. The van der Waals surface area contributed by atoms with Crippen molar-refractivity contribution in [3.05, 3.63) is 51.9 Å². The summed E-state index contributed by atoms with van der Waals surface area (Å²) in [6.07, 6.45) is 4.36. The van der Waals surface area contributed by atoms with E-state index >= 15 is 0 Å². The number of nitrogens with zero attached hydrogens (tertiary/aromatic N) is 2. The van der Waals surface area contributed by atoms with Crippen molar-refractivity contribution in [3.63, 3.8) is 0 Å². The smallest absolute Gasteiger partial charge is 0.306 e. The molecule has 0 saturated heterocycles. The van der Waals surface area contributed by atoms with E-state index in [2.05, 4.69) is 31.2 Å². The molecule has 24 heavy (non-hydrogen) atoms. The zero-order valence-corrected chi connectivity index (χ0v) is 14.1. The number of hydrogen-bond acceptors (Lipinski definition) is 4. The molecule has 2 aromatic rings. The molecule has 126 valence electrons. The Balaban J connectivity index is 1.57. The summed E-state index contributed by atoms with van der Waals surface area (Å²) in [5.74, 6) is -1.74. The van der Waals surface area contributed by atoms with E-state index in [1.165, 1.54) is 12.3 Å². The van der Waals surface area contributed by atoms with E-state index in [1.54, 1.807) is 6.20 Å². The fraction of sp³-hybridized carbons (Fsp3) is 0.312. The summed E-state index contributed by atoms with van der Waals surface area (Å²) < 4.78 is 27.0. The maximum atomic E-state index is 13.7. The van der Waals surface area contributed by atoms with E-state index in [0.29, 0.717) is 24.2 Å². The van der Waals surface area contributed by atoms with Gasteiger partial charge in [0.05, 0.1) is 28.5 Å². The predicted octanol–water partition coefficient (Wildman–Crippen LogP) is 3.39. The van der Waals surface area contributed by atoms with Crippen LogP contribution in [0.15, 0.2) is 29.0 Å². The fourth-order valence-corrected chi connectivity index (χ4v) is 2.87. The highest BCUT2D eigenvalue weighted by molar-refractivity contribution is 9.10. The second-order valence-electron chi connectivity index (χ2n) is 5.75. The van der Waals surface area contributed by atoms with Gasteiger partial charge in [-0.3, -0.25) is 9.78 Å². The number of aliphatic carboxylic acids is 1. The number of nitrogens with one attached hydrogen (secondary N) is 1. The Morgan fingerprint density at radius 2 is 2.08 bits per heavy atom. The van der Waals surface area contributed by atoms with Crippen molar-refractivity contribution in [2.75, 3.05) is 5.32 Å². The molecule has 0 amide bonds. The zero-order chi connectivity index (χ0) is 17.3. The molecule has 1 unspecified atom stereocenters. The van der Waals surface area contributed by atoms with Gasteiger partial charge in [-0.15, -0.1) is 0 Å². The number of aromatic nitrogens is 2. The largest absolute Gasteiger partial charge is 0.481 e. The molecule has 0 spiro atoms. The van der Waals surface area contributed by atoms with E-state index in [0.717, 1.165) is 11.8 Å². The predicted molar refractivity (Wildman–Crippen MR) is 86.4 cm³/mol. The van der Waals surface area contributed by atoms with Crippen LogP contribution in [0.3, 0.4) is 0 Å². The molecule has 2 atom stereocenters. The van der Waals surface area contributed by atoms with Gasteiger partial charge in [0.2, 0.25) is 0 Å². The Hall–Kier alpha value is -2.09. The van der Waals surface area contributed by atoms with Crippen molar-refractivity contribution in [1.82, 2.24) is 9.97 Å². The van der Waals surface area contributed by atoms with Crippen molar-refractivity contribution in [2.24, 2.45) is 11.8 Å². The van der Waals surface area contributed by atoms with Crippen LogP contribution >= 0.6 is 15.9 Å². The highest BCUT2D eigenvalue weighted by atomic mass is 79.9. The second-order valence-corrected chi connectivity index (χ2v) is 6.60. The molecule has 1 aliphatic rings. The number of anilines is 1. The van der Waals surface area contributed by atoms with E-state index in [9.17, 15) is 13.6 Å². The molecule has 1 fully saturated rings.